The van der Waals surface area contributed by atoms with Crippen molar-refractivity contribution in [1.82, 2.24) is 20.9 Å². The summed E-state index contributed by atoms with van der Waals surface area (Å²) in [6, 6.07) is 2.66. The van der Waals surface area contributed by atoms with Crippen LogP contribution < -0.4 is 16.0 Å². The van der Waals surface area contributed by atoms with Gasteiger partial charge in [0.05, 0.1) is 13.2 Å². The molecule has 1 unspecified atom stereocenters. The Morgan fingerprint density at radius 2 is 1.84 bits per heavy atom. The third kappa shape index (κ3) is 12.5. The lowest BCUT2D eigenvalue weighted by molar-refractivity contribution is -0.147. The topological polar surface area (TPSA) is 136 Å². The second kappa shape index (κ2) is 14.0. The number of carbonyl (C=O) groups excluding carboxylic acids is 4. The molecule has 0 spiro atoms. The molecular weight excluding hydrogens is 416 g/mol. The van der Waals surface area contributed by atoms with E-state index in [2.05, 4.69) is 20.9 Å². The van der Waals surface area contributed by atoms with Gasteiger partial charge in [0.15, 0.2) is 0 Å². The molecule has 0 aliphatic rings. The molecule has 3 amide bonds. The summed E-state index contributed by atoms with van der Waals surface area (Å²) in [6.07, 6.45) is 4.30. The van der Waals surface area contributed by atoms with Crippen molar-refractivity contribution in [2.24, 2.45) is 0 Å². The minimum absolute atomic E-state index is 0.192. The summed E-state index contributed by atoms with van der Waals surface area (Å²) in [4.78, 5) is 51.8. The first kappa shape index (κ1) is 26.9. The number of rotatable bonds is 12. The molecule has 32 heavy (non-hydrogen) atoms. The summed E-state index contributed by atoms with van der Waals surface area (Å²) in [5.41, 5.74) is 0.212. The van der Waals surface area contributed by atoms with Crippen molar-refractivity contribution >= 4 is 23.9 Å². The lowest BCUT2D eigenvalue weighted by Crippen LogP contribution is -2.47. The molecule has 0 saturated carbocycles. The van der Waals surface area contributed by atoms with Crippen LogP contribution in [0.4, 0.5) is 4.79 Å². The minimum atomic E-state index is -0.873. The summed E-state index contributed by atoms with van der Waals surface area (Å²) >= 11 is 0. The number of pyridine rings is 1. The highest BCUT2D eigenvalue weighted by Crippen LogP contribution is 2.06. The van der Waals surface area contributed by atoms with Gasteiger partial charge in [0, 0.05) is 31.8 Å². The summed E-state index contributed by atoms with van der Waals surface area (Å²) in [5, 5.41) is 7.74. The van der Waals surface area contributed by atoms with E-state index in [4.69, 9.17) is 9.47 Å². The van der Waals surface area contributed by atoms with E-state index in [1.54, 1.807) is 52.2 Å². The molecule has 0 aliphatic heterocycles. The number of nitrogens with one attached hydrogen (secondary N) is 3. The van der Waals surface area contributed by atoms with Crippen molar-refractivity contribution in [2.75, 3.05) is 19.7 Å². The number of amides is 3. The first-order valence-electron chi connectivity index (χ1n) is 10.7. The maximum atomic E-state index is 12.2. The van der Waals surface area contributed by atoms with E-state index >= 15 is 0 Å². The molecule has 1 atom stereocenters. The van der Waals surface area contributed by atoms with Gasteiger partial charge in [-0.15, -0.1) is 0 Å². The molecule has 0 aliphatic carbocycles. The lowest BCUT2D eigenvalue weighted by Gasteiger charge is -2.19. The van der Waals surface area contributed by atoms with Crippen molar-refractivity contribution in [2.45, 2.75) is 65.0 Å². The smallest absolute Gasteiger partial charge is 0.407 e. The zero-order valence-corrected chi connectivity index (χ0v) is 19.2. The minimum Gasteiger partial charge on any atom is -0.464 e. The van der Waals surface area contributed by atoms with Crippen LogP contribution in [0.3, 0.4) is 0 Å². The fourth-order valence-electron chi connectivity index (χ4n) is 2.62. The molecule has 0 saturated heterocycles. The lowest BCUT2D eigenvalue weighted by atomic mass is 10.1. The van der Waals surface area contributed by atoms with Crippen LogP contribution in [0.5, 0.6) is 0 Å². The Morgan fingerprint density at radius 3 is 2.47 bits per heavy atom. The normalized spacial score (nSPS) is 11.8. The highest BCUT2D eigenvalue weighted by molar-refractivity contribution is 5.88. The van der Waals surface area contributed by atoms with Gasteiger partial charge in [0.2, 0.25) is 11.8 Å². The quantitative estimate of drug-likeness (QED) is 0.324. The number of hydrogen-bond acceptors (Lipinski definition) is 7. The number of ether oxygens (including phenoxy) is 2. The van der Waals surface area contributed by atoms with Crippen molar-refractivity contribution < 1.29 is 28.7 Å². The van der Waals surface area contributed by atoms with Gasteiger partial charge in [-0.25, -0.2) is 9.59 Å². The molecule has 178 valence electrons. The zero-order valence-electron chi connectivity index (χ0n) is 19.2. The Balaban J connectivity index is 2.32. The maximum absolute atomic E-state index is 12.2. The van der Waals surface area contributed by atoms with Crippen LogP contribution >= 0.6 is 0 Å². The van der Waals surface area contributed by atoms with Crippen LogP contribution in [0.15, 0.2) is 24.5 Å². The number of aromatic nitrogens is 1. The predicted octanol–water partition coefficient (Wildman–Crippen LogP) is 1.48. The monoisotopic (exact) mass is 450 g/mol. The number of carbonyl (C=O) groups is 4. The van der Waals surface area contributed by atoms with Crippen LogP contribution in [-0.2, 0) is 30.3 Å². The predicted molar refractivity (Wildman–Crippen MR) is 118 cm³/mol. The Morgan fingerprint density at radius 1 is 1.09 bits per heavy atom. The van der Waals surface area contributed by atoms with Gasteiger partial charge in [-0.2, -0.15) is 0 Å². The molecule has 10 heteroatoms. The highest BCUT2D eigenvalue weighted by atomic mass is 16.6. The first-order valence-corrected chi connectivity index (χ1v) is 10.7. The molecule has 1 aromatic rings. The molecule has 0 fully saturated rings. The van der Waals surface area contributed by atoms with E-state index in [0.29, 0.717) is 19.4 Å². The van der Waals surface area contributed by atoms with Gasteiger partial charge in [0.1, 0.15) is 11.6 Å². The fourth-order valence-corrected chi connectivity index (χ4v) is 2.62. The fraction of sp³-hybridized carbons (Fsp3) is 0.591. The summed E-state index contributed by atoms with van der Waals surface area (Å²) < 4.78 is 10.1. The van der Waals surface area contributed by atoms with Gasteiger partial charge >= 0.3 is 12.1 Å². The van der Waals surface area contributed by atoms with Gasteiger partial charge in [0.25, 0.3) is 0 Å². The van der Waals surface area contributed by atoms with Crippen LogP contribution in [0.2, 0.25) is 0 Å². The Hall–Kier alpha value is -3.17. The largest absolute Gasteiger partial charge is 0.464 e. The number of hydrogen-bond donors (Lipinski definition) is 3. The standard InChI is InChI=1S/C22H34N4O6/c1-5-31-20(29)17(13-16-9-8-11-23-14-16)26-19(28)15-25-18(27)10-6-7-12-24-21(30)32-22(2,3)4/h8-9,11,14,17H,5-7,10,12-13,15H2,1-4H3,(H,24,30)(H,25,27)(H,26,28). The second-order valence-electron chi connectivity index (χ2n) is 8.10. The van der Waals surface area contributed by atoms with Crippen molar-refractivity contribution in [3.05, 3.63) is 30.1 Å². The summed E-state index contributed by atoms with van der Waals surface area (Å²) in [5.74, 6) is -1.34. The third-order valence-electron chi connectivity index (χ3n) is 4.01. The van der Waals surface area contributed by atoms with E-state index in [0.717, 1.165) is 5.56 Å². The van der Waals surface area contributed by atoms with Crippen LogP contribution in [0.25, 0.3) is 0 Å². The van der Waals surface area contributed by atoms with Gasteiger partial charge in [-0.05, 0) is 52.2 Å². The average molecular weight is 451 g/mol. The van der Waals surface area contributed by atoms with Crippen LogP contribution in [0, 0.1) is 0 Å². The highest BCUT2D eigenvalue weighted by Gasteiger charge is 2.22. The van der Waals surface area contributed by atoms with E-state index in [1.165, 1.54) is 0 Å². The van der Waals surface area contributed by atoms with Crippen molar-refractivity contribution in [3.63, 3.8) is 0 Å². The number of unbranched alkanes of at least 4 members (excludes halogenated alkanes) is 1. The molecule has 10 nitrogen and oxygen atoms in total. The molecule has 0 bridgehead atoms. The van der Waals surface area contributed by atoms with Gasteiger partial charge in [-0.3, -0.25) is 14.6 Å². The van der Waals surface area contributed by atoms with Crippen LogP contribution in [0.1, 0.15) is 52.5 Å². The molecule has 0 radical (unpaired) electrons. The van der Waals surface area contributed by atoms with E-state index < -0.39 is 29.6 Å². The van der Waals surface area contributed by atoms with Crippen molar-refractivity contribution in [1.29, 1.82) is 0 Å². The molecule has 1 rings (SSSR count). The van der Waals surface area contributed by atoms with E-state index in [1.807, 2.05) is 0 Å². The SMILES string of the molecule is CCOC(=O)C(Cc1cccnc1)NC(=O)CNC(=O)CCCCNC(=O)OC(C)(C)C. The van der Waals surface area contributed by atoms with E-state index in [-0.39, 0.29) is 31.9 Å². The Bertz CT molecular complexity index is 749. The second-order valence-corrected chi connectivity index (χ2v) is 8.10. The van der Waals surface area contributed by atoms with Crippen molar-refractivity contribution in [3.8, 4) is 0 Å². The Labute approximate surface area is 188 Å². The summed E-state index contributed by atoms with van der Waals surface area (Å²) in [7, 11) is 0. The summed E-state index contributed by atoms with van der Waals surface area (Å²) in [6.45, 7) is 7.35. The molecule has 0 aromatic carbocycles. The van der Waals surface area contributed by atoms with Crippen LogP contribution in [-0.4, -0.2) is 60.2 Å². The van der Waals surface area contributed by atoms with E-state index in [9.17, 15) is 19.2 Å². The number of esters is 1. The molecular formula is C22H34N4O6. The zero-order chi connectivity index (χ0) is 24.0. The molecule has 3 N–H and O–H groups in total. The Kier molecular flexibility index (Phi) is 11.8. The van der Waals surface area contributed by atoms with Gasteiger partial charge < -0.3 is 25.4 Å². The average Bonchev–Trinajstić information content (AvgIpc) is 2.71. The third-order valence-corrected chi connectivity index (χ3v) is 4.01. The first-order chi connectivity index (χ1) is 15.1. The molecule has 1 aromatic heterocycles. The van der Waals surface area contributed by atoms with Gasteiger partial charge in [-0.1, -0.05) is 6.07 Å². The number of nitrogens with zero attached hydrogens (tertiary/aromatic N) is 1. The molecule has 1 heterocycles. The maximum Gasteiger partial charge on any atom is 0.407 e. The number of alkyl carbamates (subject to hydrolysis) is 1.